The number of aliphatic hydroxyl groups excluding tert-OH is 1. The van der Waals surface area contributed by atoms with Crippen molar-refractivity contribution in [2.75, 3.05) is 19.8 Å². The maximum absolute atomic E-state index is 12.8. The molecule has 1 saturated heterocycles. The van der Waals surface area contributed by atoms with Gasteiger partial charge in [0.15, 0.2) is 0 Å². The molecule has 2 fully saturated rings. The van der Waals surface area contributed by atoms with Crippen LogP contribution in [0, 0.1) is 5.41 Å². The molecular weight excluding hydrogens is 378 g/mol. The number of ether oxygens (including phenoxy) is 2. The summed E-state index contributed by atoms with van der Waals surface area (Å²) in [7, 11) is 0. The Hall–Kier alpha value is -2.37. The third kappa shape index (κ3) is 3.30. The molecule has 0 spiro atoms. The second kappa shape index (κ2) is 8.05. The van der Waals surface area contributed by atoms with Crippen LogP contribution in [-0.2, 0) is 9.47 Å². The molecule has 1 heterocycles. The van der Waals surface area contributed by atoms with E-state index >= 15 is 0 Å². The highest BCUT2D eigenvalue weighted by Gasteiger charge is 2.49. The first-order valence-electron chi connectivity index (χ1n) is 11.1. The second-order valence-corrected chi connectivity index (χ2v) is 8.87. The summed E-state index contributed by atoms with van der Waals surface area (Å²) < 4.78 is 11.6. The van der Waals surface area contributed by atoms with Gasteiger partial charge < -0.3 is 19.9 Å². The van der Waals surface area contributed by atoms with E-state index in [1.54, 1.807) is 0 Å². The van der Waals surface area contributed by atoms with Gasteiger partial charge in [0.2, 0.25) is 0 Å². The largest absolute Gasteiger partial charge is 0.449 e. The molecule has 2 aliphatic carbocycles. The van der Waals surface area contributed by atoms with Crippen molar-refractivity contribution in [1.29, 1.82) is 0 Å². The number of amides is 1. The van der Waals surface area contributed by atoms with Crippen molar-refractivity contribution in [2.45, 2.75) is 50.2 Å². The second-order valence-electron chi connectivity index (χ2n) is 8.87. The van der Waals surface area contributed by atoms with Gasteiger partial charge in [-0.1, -0.05) is 55.0 Å². The molecule has 158 valence electrons. The number of hydrogen-bond acceptors (Lipinski definition) is 4. The van der Waals surface area contributed by atoms with E-state index in [-0.39, 0.29) is 30.1 Å². The maximum Gasteiger partial charge on any atom is 0.407 e. The van der Waals surface area contributed by atoms with Crippen molar-refractivity contribution in [2.24, 2.45) is 5.41 Å². The summed E-state index contributed by atoms with van der Waals surface area (Å²) in [5.41, 5.74) is 4.56. The lowest BCUT2D eigenvalue weighted by Crippen LogP contribution is -2.58. The molecular formula is C25H29NO4. The van der Waals surface area contributed by atoms with Gasteiger partial charge in [-0.2, -0.15) is 0 Å². The summed E-state index contributed by atoms with van der Waals surface area (Å²) in [6.45, 7) is 1.08. The minimum absolute atomic E-state index is 0.0415. The van der Waals surface area contributed by atoms with E-state index in [1.807, 2.05) is 24.3 Å². The molecule has 1 amide bonds. The van der Waals surface area contributed by atoms with E-state index in [9.17, 15) is 9.90 Å². The van der Waals surface area contributed by atoms with Gasteiger partial charge in [0.1, 0.15) is 6.61 Å². The molecule has 1 saturated carbocycles. The standard InChI is InChI=1S/C25H29NO4/c27-16-25(12-6-13-25)23(22-11-5-14-29-22)26-24(28)30-15-21-19-9-3-1-7-17(19)18-8-2-4-10-20(18)21/h1-4,7-10,21-23,27H,5-6,11-16H2,(H,26,28). The van der Waals surface area contributed by atoms with Gasteiger partial charge in [-0.3, -0.25) is 0 Å². The van der Waals surface area contributed by atoms with Gasteiger partial charge in [-0.05, 0) is 47.9 Å². The van der Waals surface area contributed by atoms with Gasteiger partial charge in [0, 0.05) is 17.9 Å². The number of carbonyl (C=O) groups excluding carboxylic acids is 1. The highest BCUT2D eigenvalue weighted by Crippen LogP contribution is 2.47. The van der Waals surface area contributed by atoms with Gasteiger partial charge >= 0.3 is 6.09 Å². The van der Waals surface area contributed by atoms with Crippen LogP contribution in [0.5, 0.6) is 0 Å². The number of nitrogens with one attached hydrogen (secondary N) is 1. The van der Waals surface area contributed by atoms with Crippen molar-refractivity contribution in [3.05, 3.63) is 59.7 Å². The first kappa shape index (κ1) is 19.6. The number of hydrogen-bond donors (Lipinski definition) is 2. The topological polar surface area (TPSA) is 67.8 Å². The van der Waals surface area contributed by atoms with Crippen LogP contribution in [0.2, 0.25) is 0 Å². The van der Waals surface area contributed by atoms with Crippen LogP contribution < -0.4 is 5.32 Å². The minimum Gasteiger partial charge on any atom is -0.449 e. The Kier molecular flexibility index (Phi) is 5.25. The summed E-state index contributed by atoms with van der Waals surface area (Å²) in [5, 5.41) is 13.1. The molecule has 5 rings (SSSR count). The molecule has 2 N–H and O–H groups in total. The van der Waals surface area contributed by atoms with Crippen molar-refractivity contribution >= 4 is 6.09 Å². The third-order valence-corrected chi connectivity index (χ3v) is 7.28. The average molecular weight is 408 g/mol. The Bertz CT molecular complexity index is 866. The number of rotatable bonds is 6. The van der Waals surface area contributed by atoms with Crippen molar-refractivity contribution in [1.82, 2.24) is 5.32 Å². The van der Waals surface area contributed by atoms with E-state index in [0.29, 0.717) is 6.61 Å². The van der Waals surface area contributed by atoms with Crippen LogP contribution in [0.3, 0.4) is 0 Å². The monoisotopic (exact) mass is 407 g/mol. The third-order valence-electron chi connectivity index (χ3n) is 7.28. The first-order valence-corrected chi connectivity index (χ1v) is 11.1. The molecule has 1 aliphatic heterocycles. The van der Waals surface area contributed by atoms with Gasteiger partial charge in [-0.25, -0.2) is 4.79 Å². The normalized spacial score (nSPS) is 22.6. The molecule has 0 aromatic heterocycles. The molecule has 30 heavy (non-hydrogen) atoms. The van der Waals surface area contributed by atoms with Crippen molar-refractivity contribution in [3.8, 4) is 11.1 Å². The summed E-state index contributed by atoms with van der Waals surface area (Å²) in [6.07, 6.45) is 4.35. The first-order chi connectivity index (χ1) is 14.7. The fourth-order valence-electron chi connectivity index (χ4n) is 5.47. The van der Waals surface area contributed by atoms with Crippen LogP contribution in [0.25, 0.3) is 11.1 Å². The van der Waals surface area contributed by atoms with E-state index in [2.05, 4.69) is 29.6 Å². The van der Waals surface area contributed by atoms with Crippen LogP contribution in [0.15, 0.2) is 48.5 Å². The highest BCUT2D eigenvalue weighted by atomic mass is 16.5. The predicted molar refractivity (Wildman–Crippen MR) is 114 cm³/mol. The molecule has 2 aromatic rings. The van der Waals surface area contributed by atoms with E-state index < -0.39 is 6.09 Å². The van der Waals surface area contributed by atoms with E-state index in [0.717, 1.165) is 38.7 Å². The lowest BCUT2D eigenvalue weighted by Gasteiger charge is -2.48. The zero-order valence-electron chi connectivity index (χ0n) is 17.2. The van der Waals surface area contributed by atoms with Crippen molar-refractivity contribution in [3.63, 3.8) is 0 Å². The maximum atomic E-state index is 12.8. The Labute approximate surface area is 177 Å². The highest BCUT2D eigenvalue weighted by molar-refractivity contribution is 5.79. The van der Waals surface area contributed by atoms with E-state index in [4.69, 9.17) is 9.47 Å². The number of fused-ring (bicyclic) bond motifs is 3. The van der Waals surface area contributed by atoms with E-state index in [1.165, 1.54) is 22.3 Å². The molecule has 5 nitrogen and oxygen atoms in total. The zero-order chi connectivity index (χ0) is 20.6. The Balaban J connectivity index is 1.30. The lowest BCUT2D eigenvalue weighted by atomic mass is 9.63. The SMILES string of the molecule is O=C(NC(C1CCCO1)C1(CO)CCC1)OCC1c2ccccc2-c2ccccc21. The van der Waals surface area contributed by atoms with Crippen LogP contribution in [0.1, 0.15) is 49.1 Å². The van der Waals surface area contributed by atoms with Crippen LogP contribution in [-0.4, -0.2) is 43.2 Å². The Morgan fingerprint density at radius 3 is 2.30 bits per heavy atom. The van der Waals surface area contributed by atoms with Gasteiger partial charge in [0.05, 0.1) is 18.8 Å². The molecule has 0 bridgehead atoms. The predicted octanol–water partition coefficient (Wildman–Crippen LogP) is 4.24. The summed E-state index contributed by atoms with van der Waals surface area (Å²) in [6, 6.07) is 16.5. The van der Waals surface area contributed by atoms with Crippen LogP contribution in [0.4, 0.5) is 4.79 Å². The molecule has 2 unspecified atom stereocenters. The molecule has 2 atom stereocenters. The Morgan fingerprint density at radius 2 is 1.77 bits per heavy atom. The molecule has 3 aliphatic rings. The number of carbonyl (C=O) groups is 1. The van der Waals surface area contributed by atoms with Gasteiger partial charge in [-0.15, -0.1) is 0 Å². The fourth-order valence-corrected chi connectivity index (χ4v) is 5.47. The summed E-state index contributed by atoms with van der Waals surface area (Å²) >= 11 is 0. The fraction of sp³-hybridized carbons (Fsp3) is 0.480. The van der Waals surface area contributed by atoms with Gasteiger partial charge in [0.25, 0.3) is 0 Å². The molecule has 5 heteroatoms. The minimum atomic E-state index is -0.419. The Morgan fingerprint density at radius 1 is 1.10 bits per heavy atom. The smallest absolute Gasteiger partial charge is 0.407 e. The average Bonchev–Trinajstić information content (AvgIpc) is 3.38. The zero-order valence-corrected chi connectivity index (χ0v) is 17.2. The number of benzene rings is 2. The number of aliphatic hydroxyl groups is 1. The van der Waals surface area contributed by atoms with Crippen LogP contribution >= 0.6 is 0 Å². The van der Waals surface area contributed by atoms with Crippen molar-refractivity contribution < 1.29 is 19.4 Å². The number of alkyl carbamates (subject to hydrolysis) is 1. The summed E-state index contributed by atoms with van der Waals surface area (Å²) in [4.78, 5) is 12.8. The molecule has 2 aromatic carbocycles. The quantitative estimate of drug-likeness (QED) is 0.752. The molecule has 0 radical (unpaired) electrons. The lowest BCUT2D eigenvalue weighted by molar-refractivity contribution is -0.0498. The summed E-state index contributed by atoms with van der Waals surface area (Å²) in [5.74, 6) is 0.0415.